The topological polar surface area (TPSA) is 55.1 Å². The van der Waals surface area contributed by atoms with Gasteiger partial charge in [0.1, 0.15) is 5.56 Å². The standard InChI is InChI=1S/C18H24N2O2/c1-5-14(15-9-7-6-8-10-15)11-19-18(21)16-13(4)20-22-17(16)12(2)3/h6-10,12,14H,5,11H2,1-4H3,(H,19,21)/t14-/m0/s1. The van der Waals surface area contributed by atoms with E-state index in [0.717, 1.165) is 6.42 Å². The molecule has 2 rings (SSSR count). The maximum atomic E-state index is 12.5. The fourth-order valence-corrected chi connectivity index (χ4v) is 2.58. The van der Waals surface area contributed by atoms with Gasteiger partial charge in [-0.05, 0) is 18.9 Å². The molecule has 0 fully saturated rings. The van der Waals surface area contributed by atoms with Gasteiger partial charge in [0.25, 0.3) is 5.91 Å². The van der Waals surface area contributed by atoms with Gasteiger partial charge in [0.15, 0.2) is 5.76 Å². The number of carbonyl (C=O) groups is 1. The SMILES string of the molecule is CC[C@@H](CNC(=O)c1c(C)noc1C(C)C)c1ccccc1. The first kappa shape index (κ1) is 16.3. The van der Waals surface area contributed by atoms with Gasteiger partial charge in [-0.15, -0.1) is 0 Å². The van der Waals surface area contributed by atoms with E-state index in [1.165, 1.54) is 5.56 Å². The zero-order chi connectivity index (χ0) is 16.1. The predicted molar refractivity (Wildman–Crippen MR) is 87.1 cm³/mol. The number of hydrogen-bond acceptors (Lipinski definition) is 3. The highest BCUT2D eigenvalue weighted by molar-refractivity contribution is 5.96. The number of aromatic nitrogens is 1. The van der Waals surface area contributed by atoms with Gasteiger partial charge in [0, 0.05) is 18.4 Å². The lowest BCUT2D eigenvalue weighted by Crippen LogP contribution is -2.29. The number of hydrogen-bond donors (Lipinski definition) is 1. The van der Waals surface area contributed by atoms with Crippen LogP contribution in [0.4, 0.5) is 0 Å². The first-order chi connectivity index (χ1) is 10.5. The van der Waals surface area contributed by atoms with E-state index >= 15 is 0 Å². The Balaban J connectivity index is 2.08. The molecule has 0 saturated carbocycles. The minimum Gasteiger partial charge on any atom is -0.360 e. The van der Waals surface area contributed by atoms with Gasteiger partial charge in [0.05, 0.1) is 5.69 Å². The van der Waals surface area contributed by atoms with Crippen LogP contribution in [0.1, 0.15) is 66.4 Å². The zero-order valence-electron chi connectivity index (χ0n) is 13.7. The minimum absolute atomic E-state index is 0.100. The van der Waals surface area contributed by atoms with Crippen LogP contribution in [0.2, 0.25) is 0 Å². The summed E-state index contributed by atoms with van der Waals surface area (Å²) in [5.41, 5.74) is 2.48. The van der Waals surface area contributed by atoms with Crippen LogP contribution in [0.5, 0.6) is 0 Å². The van der Waals surface area contributed by atoms with E-state index in [0.29, 0.717) is 29.5 Å². The third-order valence-corrected chi connectivity index (χ3v) is 3.91. The molecule has 0 aliphatic carbocycles. The molecule has 0 aliphatic heterocycles. The average Bonchev–Trinajstić information content (AvgIpc) is 2.91. The first-order valence-electron chi connectivity index (χ1n) is 7.83. The van der Waals surface area contributed by atoms with Gasteiger partial charge in [-0.25, -0.2) is 0 Å². The van der Waals surface area contributed by atoms with E-state index in [1.807, 2.05) is 32.0 Å². The molecule has 4 nitrogen and oxygen atoms in total. The van der Waals surface area contributed by atoms with Gasteiger partial charge < -0.3 is 9.84 Å². The van der Waals surface area contributed by atoms with Crippen molar-refractivity contribution >= 4 is 5.91 Å². The molecule has 1 amide bonds. The third-order valence-electron chi connectivity index (χ3n) is 3.91. The van der Waals surface area contributed by atoms with Crippen LogP contribution in [0.15, 0.2) is 34.9 Å². The van der Waals surface area contributed by atoms with Crippen molar-refractivity contribution in [2.75, 3.05) is 6.54 Å². The van der Waals surface area contributed by atoms with E-state index in [-0.39, 0.29) is 11.8 Å². The van der Waals surface area contributed by atoms with Crippen molar-refractivity contribution in [3.8, 4) is 0 Å². The predicted octanol–water partition coefficient (Wildman–Crippen LogP) is 4.03. The summed E-state index contributed by atoms with van der Waals surface area (Å²) < 4.78 is 5.28. The van der Waals surface area contributed by atoms with E-state index in [2.05, 4.69) is 29.5 Å². The maximum absolute atomic E-state index is 12.5. The second kappa shape index (κ2) is 7.25. The monoisotopic (exact) mass is 300 g/mol. The van der Waals surface area contributed by atoms with Crippen molar-refractivity contribution in [1.82, 2.24) is 10.5 Å². The second-order valence-electron chi connectivity index (χ2n) is 5.89. The molecule has 1 N–H and O–H groups in total. The molecular formula is C18H24N2O2. The molecule has 1 aromatic carbocycles. The molecule has 118 valence electrons. The zero-order valence-corrected chi connectivity index (χ0v) is 13.7. The molecule has 2 aromatic rings. The van der Waals surface area contributed by atoms with Crippen molar-refractivity contribution in [3.05, 3.63) is 52.9 Å². The summed E-state index contributed by atoms with van der Waals surface area (Å²) >= 11 is 0. The van der Waals surface area contributed by atoms with Crippen molar-refractivity contribution in [3.63, 3.8) is 0 Å². The molecule has 0 spiro atoms. The fraction of sp³-hybridized carbons (Fsp3) is 0.444. The summed E-state index contributed by atoms with van der Waals surface area (Å²) in [6.07, 6.45) is 0.976. The molecule has 0 unspecified atom stereocenters. The Morgan fingerprint density at radius 1 is 1.27 bits per heavy atom. The van der Waals surface area contributed by atoms with Crippen LogP contribution >= 0.6 is 0 Å². The number of aryl methyl sites for hydroxylation is 1. The van der Waals surface area contributed by atoms with Crippen LogP contribution in [-0.2, 0) is 0 Å². The molecule has 0 radical (unpaired) electrons. The fourth-order valence-electron chi connectivity index (χ4n) is 2.58. The molecule has 0 bridgehead atoms. The van der Waals surface area contributed by atoms with Crippen LogP contribution in [-0.4, -0.2) is 17.6 Å². The van der Waals surface area contributed by atoms with Gasteiger partial charge in [-0.3, -0.25) is 4.79 Å². The van der Waals surface area contributed by atoms with Crippen molar-refractivity contribution < 1.29 is 9.32 Å². The van der Waals surface area contributed by atoms with Crippen molar-refractivity contribution in [2.45, 2.75) is 46.0 Å². The Bertz CT molecular complexity index is 617. The summed E-state index contributed by atoms with van der Waals surface area (Å²) in [6, 6.07) is 10.3. The summed E-state index contributed by atoms with van der Waals surface area (Å²) in [6.45, 7) is 8.54. The Kier molecular flexibility index (Phi) is 5.36. The molecule has 22 heavy (non-hydrogen) atoms. The van der Waals surface area contributed by atoms with Gasteiger partial charge >= 0.3 is 0 Å². The van der Waals surface area contributed by atoms with Crippen LogP contribution in [0.3, 0.4) is 0 Å². The molecule has 1 atom stereocenters. The highest BCUT2D eigenvalue weighted by Gasteiger charge is 2.23. The Morgan fingerprint density at radius 2 is 1.95 bits per heavy atom. The highest BCUT2D eigenvalue weighted by atomic mass is 16.5. The Morgan fingerprint density at radius 3 is 2.55 bits per heavy atom. The number of carbonyl (C=O) groups excluding carboxylic acids is 1. The smallest absolute Gasteiger partial charge is 0.256 e. The number of amides is 1. The van der Waals surface area contributed by atoms with Crippen LogP contribution < -0.4 is 5.32 Å². The summed E-state index contributed by atoms with van der Waals surface area (Å²) in [4.78, 5) is 12.5. The minimum atomic E-state index is -0.100. The van der Waals surface area contributed by atoms with Crippen LogP contribution in [0, 0.1) is 6.92 Å². The first-order valence-corrected chi connectivity index (χ1v) is 7.83. The lowest BCUT2D eigenvalue weighted by atomic mass is 9.96. The third kappa shape index (κ3) is 3.56. The quantitative estimate of drug-likeness (QED) is 0.876. The lowest BCUT2D eigenvalue weighted by Gasteiger charge is -2.16. The Labute approximate surface area is 131 Å². The number of rotatable bonds is 6. The molecule has 4 heteroatoms. The van der Waals surface area contributed by atoms with E-state index in [4.69, 9.17) is 4.52 Å². The maximum Gasteiger partial charge on any atom is 0.256 e. The Hall–Kier alpha value is -2.10. The van der Waals surface area contributed by atoms with Crippen molar-refractivity contribution in [1.29, 1.82) is 0 Å². The summed E-state index contributed by atoms with van der Waals surface area (Å²) in [5.74, 6) is 1.01. The van der Waals surface area contributed by atoms with Gasteiger partial charge in [-0.2, -0.15) is 0 Å². The summed E-state index contributed by atoms with van der Waals surface area (Å²) in [5, 5.41) is 6.96. The van der Waals surface area contributed by atoms with Crippen molar-refractivity contribution in [2.24, 2.45) is 0 Å². The van der Waals surface area contributed by atoms with Gasteiger partial charge in [-0.1, -0.05) is 56.3 Å². The number of benzene rings is 1. The molecular weight excluding hydrogens is 276 g/mol. The normalized spacial score (nSPS) is 12.4. The second-order valence-corrected chi connectivity index (χ2v) is 5.89. The lowest BCUT2D eigenvalue weighted by molar-refractivity contribution is 0.0948. The molecule has 1 heterocycles. The van der Waals surface area contributed by atoms with E-state index < -0.39 is 0 Å². The number of nitrogens with zero attached hydrogens (tertiary/aromatic N) is 1. The number of nitrogens with one attached hydrogen (secondary N) is 1. The van der Waals surface area contributed by atoms with Gasteiger partial charge in [0.2, 0.25) is 0 Å². The van der Waals surface area contributed by atoms with Crippen LogP contribution in [0.25, 0.3) is 0 Å². The van der Waals surface area contributed by atoms with E-state index in [9.17, 15) is 4.79 Å². The molecule has 0 aliphatic rings. The molecule has 0 saturated heterocycles. The largest absolute Gasteiger partial charge is 0.360 e. The average molecular weight is 300 g/mol. The molecule has 1 aromatic heterocycles. The highest BCUT2D eigenvalue weighted by Crippen LogP contribution is 2.23. The summed E-state index contributed by atoms with van der Waals surface area (Å²) in [7, 11) is 0. The van der Waals surface area contributed by atoms with E-state index in [1.54, 1.807) is 6.92 Å².